The first-order valence-electron chi connectivity index (χ1n) is 8.84. The Labute approximate surface area is 172 Å². The minimum Gasteiger partial charge on any atom is -0.488 e. The molecule has 1 aromatic heterocycles. The number of ether oxygens (including phenoxy) is 1. The van der Waals surface area contributed by atoms with Crippen LogP contribution in [0.5, 0.6) is 5.75 Å². The molecule has 0 unspecified atom stereocenters. The Bertz CT molecular complexity index is 887. The number of nitrogens with one attached hydrogen (secondary N) is 1. The topological polar surface area (TPSA) is 64.9 Å². The standard InChI is InChI=1S/C19H21ClFN5OS/c1-26-19(23-24-25-26)28-11-5-10-22-12-14-6-2-3-9-18(14)27-13-15-16(20)7-4-8-17(15)21/h2-4,6-9,22H,5,10-13H2,1H3. The van der Waals surface area contributed by atoms with E-state index in [1.54, 1.807) is 28.6 Å². The third-order valence-electron chi connectivity index (χ3n) is 4.03. The van der Waals surface area contributed by atoms with Gasteiger partial charge in [0, 0.05) is 30.5 Å². The average molecular weight is 422 g/mol. The molecule has 28 heavy (non-hydrogen) atoms. The van der Waals surface area contributed by atoms with Crippen LogP contribution in [-0.2, 0) is 20.2 Å². The molecule has 1 N–H and O–H groups in total. The summed E-state index contributed by atoms with van der Waals surface area (Å²) in [5, 5.41) is 15.9. The summed E-state index contributed by atoms with van der Waals surface area (Å²) in [6.07, 6.45) is 0.978. The summed E-state index contributed by atoms with van der Waals surface area (Å²) in [5.74, 6) is 1.28. The van der Waals surface area contributed by atoms with Crippen molar-refractivity contribution in [2.75, 3.05) is 12.3 Å². The maximum Gasteiger partial charge on any atom is 0.209 e. The van der Waals surface area contributed by atoms with Crippen LogP contribution in [0.3, 0.4) is 0 Å². The highest BCUT2D eigenvalue weighted by molar-refractivity contribution is 7.99. The minimum absolute atomic E-state index is 0.0882. The molecule has 148 valence electrons. The summed E-state index contributed by atoms with van der Waals surface area (Å²) < 4.78 is 21.4. The molecule has 0 aliphatic heterocycles. The smallest absolute Gasteiger partial charge is 0.209 e. The number of rotatable bonds is 10. The van der Waals surface area contributed by atoms with Gasteiger partial charge in [-0.2, -0.15) is 0 Å². The maximum atomic E-state index is 13.9. The SMILES string of the molecule is Cn1nnnc1SCCCNCc1ccccc1OCc1c(F)cccc1Cl. The number of para-hydroxylation sites is 1. The number of thioether (sulfide) groups is 1. The van der Waals surface area contributed by atoms with Gasteiger partial charge in [0.25, 0.3) is 0 Å². The van der Waals surface area contributed by atoms with E-state index in [0.29, 0.717) is 22.9 Å². The van der Waals surface area contributed by atoms with E-state index in [2.05, 4.69) is 20.8 Å². The van der Waals surface area contributed by atoms with Gasteiger partial charge in [0.1, 0.15) is 18.2 Å². The molecule has 2 aromatic carbocycles. The second-order valence-corrected chi connectivity index (χ2v) is 7.53. The van der Waals surface area contributed by atoms with Crippen molar-refractivity contribution in [1.29, 1.82) is 0 Å². The lowest BCUT2D eigenvalue weighted by atomic mass is 10.2. The summed E-state index contributed by atoms with van der Waals surface area (Å²) >= 11 is 7.69. The van der Waals surface area contributed by atoms with Gasteiger partial charge in [-0.3, -0.25) is 0 Å². The van der Waals surface area contributed by atoms with Gasteiger partial charge in [0.15, 0.2) is 0 Å². The summed E-state index contributed by atoms with van der Waals surface area (Å²) in [7, 11) is 1.83. The molecule has 0 spiro atoms. The van der Waals surface area contributed by atoms with E-state index >= 15 is 0 Å². The van der Waals surface area contributed by atoms with Crippen molar-refractivity contribution in [2.24, 2.45) is 7.05 Å². The first kappa shape index (κ1) is 20.6. The van der Waals surface area contributed by atoms with E-state index in [0.717, 1.165) is 29.4 Å². The van der Waals surface area contributed by atoms with Gasteiger partial charge in [-0.05, 0) is 41.6 Å². The quantitative estimate of drug-likeness (QED) is 0.396. The van der Waals surface area contributed by atoms with Crippen LogP contribution in [0.4, 0.5) is 4.39 Å². The van der Waals surface area contributed by atoms with Gasteiger partial charge in [0.2, 0.25) is 5.16 Å². The molecule has 0 atom stereocenters. The highest BCUT2D eigenvalue weighted by Crippen LogP contribution is 2.23. The first-order chi connectivity index (χ1) is 13.6. The molecule has 0 amide bonds. The lowest BCUT2D eigenvalue weighted by Crippen LogP contribution is -2.16. The normalized spacial score (nSPS) is 11.0. The van der Waals surface area contributed by atoms with Crippen molar-refractivity contribution >= 4 is 23.4 Å². The average Bonchev–Trinajstić information content (AvgIpc) is 3.10. The van der Waals surface area contributed by atoms with Gasteiger partial charge >= 0.3 is 0 Å². The largest absolute Gasteiger partial charge is 0.488 e. The number of hydrogen-bond acceptors (Lipinski definition) is 6. The fourth-order valence-electron chi connectivity index (χ4n) is 2.54. The predicted molar refractivity (Wildman–Crippen MR) is 108 cm³/mol. The van der Waals surface area contributed by atoms with Crippen LogP contribution < -0.4 is 10.1 Å². The number of aromatic nitrogens is 4. The number of halogens is 2. The van der Waals surface area contributed by atoms with Crippen LogP contribution in [-0.4, -0.2) is 32.5 Å². The van der Waals surface area contributed by atoms with Crippen molar-refractivity contribution in [3.05, 3.63) is 64.4 Å². The second-order valence-electron chi connectivity index (χ2n) is 6.06. The summed E-state index contributed by atoms with van der Waals surface area (Å²) in [6, 6.07) is 12.3. The fraction of sp³-hybridized carbons (Fsp3) is 0.316. The van der Waals surface area contributed by atoms with Crippen LogP contribution in [0, 0.1) is 5.82 Å². The van der Waals surface area contributed by atoms with E-state index in [-0.39, 0.29) is 12.4 Å². The van der Waals surface area contributed by atoms with Crippen molar-refractivity contribution < 1.29 is 9.13 Å². The summed E-state index contributed by atoms with van der Waals surface area (Å²) in [5.41, 5.74) is 1.38. The summed E-state index contributed by atoms with van der Waals surface area (Å²) in [6.45, 7) is 1.61. The monoisotopic (exact) mass is 421 g/mol. The van der Waals surface area contributed by atoms with Gasteiger partial charge in [-0.25, -0.2) is 9.07 Å². The Morgan fingerprint density at radius 1 is 1.21 bits per heavy atom. The molecule has 6 nitrogen and oxygen atoms in total. The van der Waals surface area contributed by atoms with E-state index in [1.807, 2.05) is 31.3 Å². The number of tetrazole rings is 1. The third-order valence-corrected chi connectivity index (χ3v) is 5.48. The van der Waals surface area contributed by atoms with Gasteiger partial charge in [-0.1, -0.05) is 47.6 Å². The molecule has 1 heterocycles. The Hall–Kier alpha value is -2.16. The van der Waals surface area contributed by atoms with E-state index in [4.69, 9.17) is 16.3 Å². The minimum atomic E-state index is -0.362. The van der Waals surface area contributed by atoms with Crippen LogP contribution in [0.1, 0.15) is 17.5 Å². The van der Waals surface area contributed by atoms with Crippen LogP contribution in [0.25, 0.3) is 0 Å². The molecule has 3 rings (SSSR count). The molecule has 0 saturated heterocycles. The molecule has 0 saturated carbocycles. The molecule has 0 aliphatic carbocycles. The summed E-state index contributed by atoms with van der Waals surface area (Å²) in [4.78, 5) is 0. The lowest BCUT2D eigenvalue weighted by molar-refractivity contribution is 0.296. The van der Waals surface area contributed by atoms with Crippen molar-refractivity contribution in [2.45, 2.75) is 24.7 Å². The molecule has 0 bridgehead atoms. The Morgan fingerprint density at radius 3 is 2.86 bits per heavy atom. The Morgan fingerprint density at radius 2 is 2.07 bits per heavy atom. The van der Waals surface area contributed by atoms with Crippen LogP contribution in [0.15, 0.2) is 47.6 Å². The molecule has 0 radical (unpaired) electrons. The second kappa shape index (κ2) is 10.4. The van der Waals surface area contributed by atoms with E-state index in [1.165, 1.54) is 6.07 Å². The highest BCUT2D eigenvalue weighted by Gasteiger charge is 2.09. The molecule has 9 heteroatoms. The zero-order valence-electron chi connectivity index (χ0n) is 15.4. The van der Waals surface area contributed by atoms with Crippen LogP contribution >= 0.6 is 23.4 Å². The lowest BCUT2D eigenvalue weighted by Gasteiger charge is -2.13. The first-order valence-corrected chi connectivity index (χ1v) is 10.2. The van der Waals surface area contributed by atoms with Gasteiger partial charge in [-0.15, -0.1) is 5.10 Å². The predicted octanol–water partition coefficient (Wildman–Crippen LogP) is 3.85. The van der Waals surface area contributed by atoms with Crippen LogP contribution in [0.2, 0.25) is 5.02 Å². The third kappa shape index (κ3) is 5.67. The molecule has 0 aliphatic rings. The number of hydrogen-bond donors (Lipinski definition) is 1. The Kier molecular flexibility index (Phi) is 7.64. The van der Waals surface area contributed by atoms with Gasteiger partial charge in [0.05, 0.1) is 5.02 Å². The number of benzene rings is 2. The highest BCUT2D eigenvalue weighted by atomic mass is 35.5. The molecule has 3 aromatic rings. The van der Waals surface area contributed by atoms with E-state index in [9.17, 15) is 4.39 Å². The van der Waals surface area contributed by atoms with Crippen molar-refractivity contribution in [1.82, 2.24) is 25.5 Å². The fourth-order valence-corrected chi connectivity index (χ4v) is 3.54. The zero-order chi connectivity index (χ0) is 19.8. The van der Waals surface area contributed by atoms with Gasteiger partial charge < -0.3 is 10.1 Å². The van der Waals surface area contributed by atoms with Crippen molar-refractivity contribution in [3.8, 4) is 5.75 Å². The molecular formula is C19H21ClFN5OS. The number of aryl methyl sites for hydroxylation is 1. The number of nitrogens with zero attached hydrogens (tertiary/aromatic N) is 4. The van der Waals surface area contributed by atoms with Crippen molar-refractivity contribution in [3.63, 3.8) is 0 Å². The molecular weight excluding hydrogens is 401 g/mol. The van der Waals surface area contributed by atoms with E-state index < -0.39 is 0 Å². The molecule has 0 fully saturated rings. The maximum absolute atomic E-state index is 13.9. The zero-order valence-corrected chi connectivity index (χ0v) is 17.0. The Balaban J connectivity index is 1.45.